The maximum atomic E-state index is 13.4. The molecule has 0 heterocycles. The van der Waals surface area contributed by atoms with Crippen LogP contribution in [0.4, 0.5) is 20.6 Å². The maximum absolute atomic E-state index is 13.4. The lowest BCUT2D eigenvalue weighted by Gasteiger charge is -2.11. The van der Waals surface area contributed by atoms with Gasteiger partial charge in [0.25, 0.3) is 0 Å². The fraction of sp³-hybridized carbons (Fsp3) is 0.176. The molecule has 0 aliphatic heterocycles. The van der Waals surface area contributed by atoms with E-state index < -0.39 is 17.8 Å². The first-order valence-electron chi connectivity index (χ1n) is 7.34. The second-order valence-corrected chi connectivity index (χ2v) is 4.94. The molecule has 3 amide bonds. The van der Waals surface area contributed by atoms with Crippen LogP contribution in [0, 0.1) is 5.82 Å². The first kappa shape index (κ1) is 18.1. The number of halogens is 1. The number of ether oxygens (including phenoxy) is 2. The van der Waals surface area contributed by atoms with E-state index in [9.17, 15) is 14.0 Å². The summed E-state index contributed by atoms with van der Waals surface area (Å²) in [7, 11) is 2.98. The molecule has 0 spiro atoms. The highest BCUT2D eigenvalue weighted by Gasteiger charge is 2.09. The van der Waals surface area contributed by atoms with E-state index in [1.54, 1.807) is 24.3 Å². The number of hydrogen-bond donors (Lipinski definition) is 3. The largest absolute Gasteiger partial charge is 0.497 e. The van der Waals surface area contributed by atoms with E-state index in [2.05, 4.69) is 16.0 Å². The SMILES string of the molecule is COc1cc(NC(=O)NCC(=O)Nc2ccccc2F)cc(OC)c1. The van der Waals surface area contributed by atoms with Crippen LogP contribution in [-0.2, 0) is 4.79 Å². The van der Waals surface area contributed by atoms with Crippen LogP contribution in [0.3, 0.4) is 0 Å². The van der Waals surface area contributed by atoms with Gasteiger partial charge in [0.1, 0.15) is 17.3 Å². The second kappa shape index (κ2) is 8.53. The molecular formula is C17H18FN3O4. The Morgan fingerprint density at radius 2 is 1.64 bits per heavy atom. The van der Waals surface area contributed by atoms with Crippen LogP contribution in [0.5, 0.6) is 11.5 Å². The van der Waals surface area contributed by atoms with Gasteiger partial charge in [0, 0.05) is 23.9 Å². The van der Waals surface area contributed by atoms with E-state index in [0.717, 1.165) is 0 Å². The lowest BCUT2D eigenvalue weighted by molar-refractivity contribution is -0.115. The molecule has 0 atom stereocenters. The first-order chi connectivity index (χ1) is 12.0. The predicted molar refractivity (Wildman–Crippen MR) is 91.6 cm³/mol. The molecule has 0 unspecified atom stereocenters. The van der Waals surface area contributed by atoms with Crippen molar-refractivity contribution in [3.8, 4) is 11.5 Å². The van der Waals surface area contributed by atoms with E-state index in [4.69, 9.17) is 9.47 Å². The number of anilines is 2. The number of para-hydroxylation sites is 1. The summed E-state index contributed by atoms with van der Waals surface area (Å²) < 4.78 is 23.6. The van der Waals surface area contributed by atoms with E-state index in [1.165, 1.54) is 32.4 Å². The smallest absolute Gasteiger partial charge is 0.319 e. The molecule has 0 aliphatic rings. The molecule has 25 heavy (non-hydrogen) atoms. The van der Waals surface area contributed by atoms with Gasteiger partial charge in [0.05, 0.1) is 26.5 Å². The summed E-state index contributed by atoms with van der Waals surface area (Å²) in [4.78, 5) is 23.6. The third kappa shape index (κ3) is 5.38. The highest BCUT2D eigenvalue weighted by atomic mass is 19.1. The van der Waals surface area contributed by atoms with Crippen molar-refractivity contribution in [2.45, 2.75) is 0 Å². The van der Waals surface area contributed by atoms with Gasteiger partial charge in [-0.05, 0) is 12.1 Å². The van der Waals surface area contributed by atoms with E-state index in [-0.39, 0.29) is 12.2 Å². The molecule has 132 valence electrons. The number of benzene rings is 2. The van der Waals surface area contributed by atoms with Gasteiger partial charge >= 0.3 is 6.03 Å². The molecule has 0 fully saturated rings. The molecule has 0 aromatic heterocycles. The normalized spacial score (nSPS) is 9.88. The van der Waals surface area contributed by atoms with Gasteiger partial charge in [-0.2, -0.15) is 0 Å². The van der Waals surface area contributed by atoms with Crippen LogP contribution < -0.4 is 25.4 Å². The quantitative estimate of drug-likeness (QED) is 0.749. The Bertz CT molecular complexity index is 745. The Morgan fingerprint density at radius 3 is 2.24 bits per heavy atom. The van der Waals surface area contributed by atoms with Gasteiger partial charge < -0.3 is 25.4 Å². The molecule has 0 saturated carbocycles. The summed E-state index contributed by atoms with van der Waals surface area (Å²) in [6.45, 7) is -0.318. The number of carbonyl (C=O) groups excluding carboxylic acids is 2. The van der Waals surface area contributed by atoms with Crippen molar-refractivity contribution in [1.82, 2.24) is 5.32 Å². The second-order valence-electron chi connectivity index (χ2n) is 4.94. The number of amides is 3. The summed E-state index contributed by atoms with van der Waals surface area (Å²) in [6.07, 6.45) is 0. The third-order valence-corrected chi connectivity index (χ3v) is 3.17. The molecular weight excluding hydrogens is 329 g/mol. The number of hydrogen-bond acceptors (Lipinski definition) is 4. The first-order valence-corrected chi connectivity index (χ1v) is 7.34. The molecule has 0 saturated heterocycles. The minimum Gasteiger partial charge on any atom is -0.497 e. The zero-order valence-corrected chi connectivity index (χ0v) is 13.8. The Kier molecular flexibility index (Phi) is 6.16. The average Bonchev–Trinajstić information content (AvgIpc) is 2.61. The highest BCUT2D eigenvalue weighted by molar-refractivity contribution is 5.97. The highest BCUT2D eigenvalue weighted by Crippen LogP contribution is 2.25. The lowest BCUT2D eigenvalue weighted by atomic mass is 10.3. The number of methoxy groups -OCH3 is 2. The molecule has 0 bridgehead atoms. The van der Waals surface area contributed by atoms with Crippen molar-refractivity contribution in [2.75, 3.05) is 31.4 Å². The zero-order chi connectivity index (χ0) is 18.2. The minimum absolute atomic E-state index is 0.0484. The molecule has 2 aromatic carbocycles. The summed E-state index contributed by atoms with van der Waals surface area (Å²) in [6, 6.07) is 10.0. The van der Waals surface area contributed by atoms with Crippen molar-refractivity contribution in [1.29, 1.82) is 0 Å². The van der Waals surface area contributed by atoms with Crippen molar-refractivity contribution in [2.24, 2.45) is 0 Å². The number of carbonyl (C=O) groups is 2. The van der Waals surface area contributed by atoms with Gasteiger partial charge in [-0.25, -0.2) is 9.18 Å². The maximum Gasteiger partial charge on any atom is 0.319 e. The van der Waals surface area contributed by atoms with Gasteiger partial charge in [0.2, 0.25) is 5.91 Å². The fourth-order valence-electron chi connectivity index (χ4n) is 1.97. The third-order valence-electron chi connectivity index (χ3n) is 3.17. The van der Waals surface area contributed by atoms with Crippen LogP contribution in [-0.4, -0.2) is 32.7 Å². The van der Waals surface area contributed by atoms with Crippen LogP contribution in [0.1, 0.15) is 0 Å². The molecule has 2 aromatic rings. The standard InChI is InChI=1S/C17H18FN3O4/c1-24-12-7-11(8-13(9-12)25-2)20-17(23)19-10-16(22)21-15-6-4-3-5-14(15)18/h3-9H,10H2,1-2H3,(H,21,22)(H2,19,20,23). The van der Waals surface area contributed by atoms with Gasteiger partial charge in [-0.3, -0.25) is 4.79 Å². The molecule has 8 heteroatoms. The van der Waals surface area contributed by atoms with Crippen molar-refractivity contribution >= 4 is 23.3 Å². The number of urea groups is 1. The molecule has 0 radical (unpaired) electrons. The van der Waals surface area contributed by atoms with Crippen molar-refractivity contribution in [3.05, 3.63) is 48.3 Å². The van der Waals surface area contributed by atoms with Gasteiger partial charge in [-0.1, -0.05) is 12.1 Å². The van der Waals surface area contributed by atoms with Crippen LogP contribution in [0.25, 0.3) is 0 Å². The summed E-state index contributed by atoms with van der Waals surface area (Å²) in [5.74, 6) is -0.0915. The van der Waals surface area contributed by atoms with E-state index in [0.29, 0.717) is 17.2 Å². The van der Waals surface area contributed by atoms with Gasteiger partial charge in [0.15, 0.2) is 0 Å². The van der Waals surface area contributed by atoms with E-state index in [1.807, 2.05) is 0 Å². The number of rotatable bonds is 6. The van der Waals surface area contributed by atoms with Crippen molar-refractivity contribution < 1.29 is 23.5 Å². The summed E-state index contributed by atoms with van der Waals surface area (Å²) >= 11 is 0. The van der Waals surface area contributed by atoms with E-state index >= 15 is 0 Å². The Labute approximate surface area is 144 Å². The zero-order valence-electron chi connectivity index (χ0n) is 13.8. The monoisotopic (exact) mass is 347 g/mol. The topological polar surface area (TPSA) is 88.7 Å². The molecule has 2 rings (SSSR count). The Morgan fingerprint density at radius 1 is 1.00 bits per heavy atom. The average molecular weight is 347 g/mol. The Hall–Kier alpha value is -3.29. The fourth-order valence-corrected chi connectivity index (χ4v) is 1.97. The summed E-state index contributed by atoms with van der Waals surface area (Å²) in [5, 5.41) is 7.31. The van der Waals surface area contributed by atoms with Crippen LogP contribution in [0.15, 0.2) is 42.5 Å². The summed E-state index contributed by atoms with van der Waals surface area (Å²) in [5.41, 5.74) is 0.482. The Balaban J connectivity index is 1.88. The van der Waals surface area contributed by atoms with Crippen LogP contribution >= 0.6 is 0 Å². The molecule has 7 nitrogen and oxygen atoms in total. The predicted octanol–water partition coefficient (Wildman–Crippen LogP) is 2.60. The van der Waals surface area contributed by atoms with Crippen LogP contribution in [0.2, 0.25) is 0 Å². The van der Waals surface area contributed by atoms with Gasteiger partial charge in [-0.15, -0.1) is 0 Å². The minimum atomic E-state index is -0.598. The number of nitrogens with one attached hydrogen (secondary N) is 3. The van der Waals surface area contributed by atoms with Crippen molar-refractivity contribution in [3.63, 3.8) is 0 Å². The molecule has 0 aliphatic carbocycles. The molecule has 3 N–H and O–H groups in total. The lowest BCUT2D eigenvalue weighted by Crippen LogP contribution is -2.35.